The second kappa shape index (κ2) is 8.59. The summed E-state index contributed by atoms with van der Waals surface area (Å²) >= 11 is 0. The fraction of sp³-hybridized carbons (Fsp3) is 0.562. The average molecular weight is 276 g/mol. The highest BCUT2D eigenvalue weighted by Crippen LogP contribution is 2.07. The molecule has 1 heterocycles. The Morgan fingerprint density at radius 3 is 2.65 bits per heavy atom. The lowest BCUT2D eigenvalue weighted by Gasteiger charge is -2.25. The average Bonchev–Trinajstić information content (AvgIpc) is 2.49. The van der Waals surface area contributed by atoms with Crippen LogP contribution in [-0.2, 0) is 11.2 Å². The number of ether oxygens (including phenoxy) is 1. The van der Waals surface area contributed by atoms with Gasteiger partial charge in [-0.15, -0.1) is 0 Å². The molecule has 0 aromatic heterocycles. The molecule has 0 saturated carbocycles. The molecule has 110 valence electrons. The third kappa shape index (κ3) is 5.61. The molecule has 1 aromatic rings. The van der Waals surface area contributed by atoms with Crippen LogP contribution in [0.4, 0.5) is 4.79 Å². The number of hydrogen-bond acceptors (Lipinski definition) is 3. The Balaban J connectivity index is 1.52. The van der Waals surface area contributed by atoms with Crippen molar-refractivity contribution in [2.24, 2.45) is 0 Å². The number of likely N-dealkylation sites (tertiary alicyclic amines) is 1. The maximum absolute atomic E-state index is 11.5. The van der Waals surface area contributed by atoms with Gasteiger partial charge in [0.15, 0.2) is 0 Å². The number of nitrogens with zero attached hydrogens (tertiary/aromatic N) is 1. The summed E-state index contributed by atoms with van der Waals surface area (Å²) in [5.41, 5.74) is 1.22. The first-order valence-electron chi connectivity index (χ1n) is 7.51. The van der Waals surface area contributed by atoms with Crippen LogP contribution < -0.4 is 5.32 Å². The maximum Gasteiger partial charge on any atom is 0.407 e. The van der Waals surface area contributed by atoms with E-state index in [0.717, 1.165) is 26.1 Å². The number of amides is 1. The Labute approximate surface area is 121 Å². The van der Waals surface area contributed by atoms with E-state index in [0.29, 0.717) is 13.2 Å². The molecule has 4 nitrogen and oxygen atoms in total. The summed E-state index contributed by atoms with van der Waals surface area (Å²) in [5.74, 6) is 0. The summed E-state index contributed by atoms with van der Waals surface area (Å²) in [6, 6.07) is 10.1. The van der Waals surface area contributed by atoms with Crippen LogP contribution in [0.2, 0.25) is 0 Å². The van der Waals surface area contributed by atoms with Gasteiger partial charge >= 0.3 is 6.09 Å². The fourth-order valence-corrected chi connectivity index (χ4v) is 2.46. The van der Waals surface area contributed by atoms with E-state index in [1.807, 2.05) is 18.2 Å². The molecular formula is C16H24N2O2. The van der Waals surface area contributed by atoms with Crippen molar-refractivity contribution in [3.05, 3.63) is 35.9 Å². The zero-order valence-corrected chi connectivity index (χ0v) is 12.0. The van der Waals surface area contributed by atoms with Crippen LogP contribution in [0.15, 0.2) is 30.3 Å². The smallest absolute Gasteiger partial charge is 0.407 e. The van der Waals surface area contributed by atoms with Crippen molar-refractivity contribution in [1.82, 2.24) is 10.2 Å². The third-order valence-corrected chi connectivity index (χ3v) is 3.62. The summed E-state index contributed by atoms with van der Waals surface area (Å²) in [6.07, 6.45) is 4.39. The molecule has 1 amide bonds. The van der Waals surface area contributed by atoms with Crippen LogP contribution in [0.25, 0.3) is 0 Å². The number of carbonyl (C=O) groups excluding carboxylic acids is 1. The minimum absolute atomic E-state index is 0.307. The standard InChI is InChI=1S/C16H24N2O2/c19-16(17-10-9-15-7-3-1-4-8-15)20-14-13-18-11-5-2-6-12-18/h1,3-4,7-8H,2,5-6,9-14H2,(H,17,19). The van der Waals surface area contributed by atoms with Gasteiger partial charge < -0.3 is 10.1 Å². The topological polar surface area (TPSA) is 41.6 Å². The van der Waals surface area contributed by atoms with E-state index in [2.05, 4.69) is 22.3 Å². The second-order valence-electron chi connectivity index (χ2n) is 5.20. The molecule has 1 saturated heterocycles. The number of carbonyl (C=O) groups is 1. The number of rotatable bonds is 6. The SMILES string of the molecule is O=C(NCCc1ccccc1)OCCN1CCCCC1. The monoisotopic (exact) mass is 276 g/mol. The van der Waals surface area contributed by atoms with Crippen molar-refractivity contribution in [3.63, 3.8) is 0 Å². The largest absolute Gasteiger partial charge is 0.448 e. The first-order chi connectivity index (χ1) is 9.84. The molecule has 0 radical (unpaired) electrons. The zero-order chi connectivity index (χ0) is 14.0. The second-order valence-corrected chi connectivity index (χ2v) is 5.20. The number of alkyl carbamates (subject to hydrolysis) is 1. The van der Waals surface area contributed by atoms with Gasteiger partial charge in [0.1, 0.15) is 6.61 Å². The van der Waals surface area contributed by atoms with E-state index in [-0.39, 0.29) is 6.09 Å². The first kappa shape index (κ1) is 14.9. The Morgan fingerprint density at radius 1 is 1.15 bits per heavy atom. The highest BCUT2D eigenvalue weighted by Gasteiger charge is 2.10. The van der Waals surface area contributed by atoms with Gasteiger partial charge in [-0.1, -0.05) is 36.8 Å². The molecule has 1 aliphatic heterocycles. The van der Waals surface area contributed by atoms with Crippen LogP contribution >= 0.6 is 0 Å². The van der Waals surface area contributed by atoms with Crippen LogP contribution in [0.5, 0.6) is 0 Å². The molecule has 0 bridgehead atoms. The highest BCUT2D eigenvalue weighted by molar-refractivity contribution is 5.67. The number of hydrogen-bond donors (Lipinski definition) is 1. The molecule has 20 heavy (non-hydrogen) atoms. The quantitative estimate of drug-likeness (QED) is 0.867. The molecular weight excluding hydrogens is 252 g/mol. The van der Waals surface area contributed by atoms with Gasteiger partial charge in [0.25, 0.3) is 0 Å². The predicted molar refractivity (Wildman–Crippen MR) is 79.8 cm³/mol. The van der Waals surface area contributed by atoms with Crippen molar-refractivity contribution in [3.8, 4) is 0 Å². The summed E-state index contributed by atoms with van der Waals surface area (Å²) < 4.78 is 5.19. The third-order valence-electron chi connectivity index (χ3n) is 3.62. The van der Waals surface area contributed by atoms with E-state index in [1.54, 1.807) is 0 Å². The van der Waals surface area contributed by atoms with Crippen molar-refractivity contribution in [2.45, 2.75) is 25.7 Å². The Morgan fingerprint density at radius 2 is 1.90 bits per heavy atom. The molecule has 0 spiro atoms. The minimum atomic E-state index is -0.307. The predicted octanol–water partition coefficient (Wildman–Crippen LogP) is 2.44. The van der Waals surface area contributed by atoms with Crippen molar-refractivity contribution >= 4 is 6.09 Å². The Kier molecular flexibility index (Phi) is 6.38. The van der Waals surface area contributed by atoms with E-state index in [1.165, 1.54) is 24.8 Å². The summed E-state index contributed by atoms with van der Waals surface area (Å²) in [5, 5.41) is 2.79. The normalized spacial score (nSPS) is 15.8. The summed E-state index contributed by atoms with van der Waals surface area (Å²) in [4.78, 5) is 13.9. The number of piperidine rings is 1. The van der Waals surface area contributed by atoms with Gasteiger partial charge in [0.2, 0.25) is 0 Å². The zero-order valence-electron chi connectivity index (χ0n) is 12.0. The van der Waals surface area contributed by atoms with Crippen LogP contribution in [0.3, 0.4) is 0 Å². The fourth-order valence-electron chi connectivity index (χ4n) is 2.46. The van der Waals surface area contributed by atoms with E-state index in [4.69, 9.17) is 4.74 Å². The van der Waals surface area contributed by atoms with Gasteiger partial charge in [-0.05, 0) is 37.9 Å². The molecule has 1 aliphatic rings. The first-order valence-corrected chi connectivity index (χ1v) is 7.51. The lowest BCUT2D eigenvalue weighted by Crippen LogP contribution is -2.34. The lowest BCUT2D eigenvalue weighted by molar-refractivity contribution is 0.121. The molecule has 0 atom stereocenters. The van der Waals surface area contributed by atoms with Gasteiger partial charge in [-0.3, -0.25) is 4.90 Å². The van der Waals surface area contributed by atoms with Crippen LogP contribution in [-0.4, -0.2) is 43.8 Å². The molecule has 2 rings (SSSR count). The molecule has 0 aliphatic carbocycles. The molecule has 1 fully saturated rings. The molecule has 1 N–H and O–H groups in total. The van der Waals surface area contributed by atoms with Gasteiger partial charge in [-0.2, -0.15) is 0 Å². The van der Waals surface area contributed by atoms with E-state index >= 15 is 0 Å². The maximum atomic E-state index is 11.5. The van der Waals surface area contributed by atoms with Crippen LogP contribution in [0.1, 0.15) is 24.8 Å². The molecule has 0 unspecified atom stereocenters. The van der Waals surface area contributed by atoms with Gasteiger partial charge in [0.05, 0.1) is 0 Å². The summed E-state index contributed by atoms with van der Waals surface area (Å²) in [6.45, 7) is 4.23. The van der Waals surface area contributed by atoms with Crippen molar-refractivity contribution < 1.29 is 9.53 Å². The lowest BCUT2D eigenvalue weighted by atomic mass is 10.1. The molecule has 1 aromatic carbocycles. The minimum Gasteiger partial charge on any atom is -0.448 e. The number of nitrogens with one attached hydrogen (secondary N) is 1. The van der Waals surface area contributed by atoms with Gasteiger partial charge in [-0.25, -0.2) is 4.79 Å². The van der Waals surface area contributed by atoms with E-state index in [9.17, 15) is 4.79 Å². The van der Waals surface area contributed by atoms with Crippen molar-refractivity contribution in [2.75, 3.05) is 32.8 Å². The Bertz CT molecular complexity index is 389. The van der Waals surface area contributed by atoms with E-state index < -0.39 is 0 Å². The van der Waals surface area contributed by atoms with Crippen LogP contribution in [0, 0.1) is 0 Å². The Hall–Kier alpha value is -1.55. The molecule has 4 heteroatoms. The number of benzene rings is 1. The van der Waals surface area contributed by atoms with Gasteiger partial charge in [0, 0.05) is 13.1 Å². The van der Waals surface area contributed by atoms with Crippen molar-refractivity contribution in [1.29, 1.82) is 0 Å². The highest BCUT2D eigenvalue weighted by atomic mass is 16.5. The summed E-state index contributed by atoms with van der Waals surface area (Å²) in [7, 11) is 0.